The van der Waals surface area contributed by atoms with E-state index in [1.165, 1.54) is 7.11 Å². The summed E-state index contributed by atoms with van der Waals surface area (Å²) in [5.74, 6) is -0.446. The lowest BCUT2D eigenvalue weighted by atomic mass is 10.1. The summed E-state index contributed by atoms with van der Waals surface area (Å²) < 4.78 is 11.9. The normalized spacial score (nSPS) is 14.2. The van der Waals surface area contributed by atoms with E-state index in [1.807, 2.05) is 42.5 Å². The van der Waals surface area contributed by atoms with Crippen molar-refractivity contribution in [3.8, 4) is 0 Å². The number of aliphatic hydroxyl groups is 1. The summed E-state index contributed by atoms with van der Waals surface area (Å²) in [6.07, 6.45) is 6.61. The van der Waals surface area contributed by atoms with Gasteiger partial charge < -0.3 is 14.3 Å². The van der Waals surface area contributed by atoms with Crippen molar-refractivity contribution in [3.05, 3.63) is 72.8 Å². The van der Waals surface area contributed by atoms with Gasteiger partial charge in [0.05, 0.1) is 25.7 Å². The number of carbonyl (C=O) groups is 1. The third-order valence-corrected chi connectivity index (χ3v) is 11.0. The molecule has 2 aromatic carbocycles. The summed E-state index contributed by atoms with van der Waals surface area (Å²) in [4.78, 5) is 12.0. The lowest BCUT2D eigenvalue weighted by Crippen LogP contribution is -2.68. The van der Waals surface area contributed by atoms with Gasteiger partial charge >= 0.3 is 5.97 Å². The van der Waals surface area contributed by atoms with Crippen molar-refractivity contribution < 1.29 is 19.1 Å². The summed E-state index contributed by atoms with van der Waals surface area (Å²) in [6, 6.07) is 20.7. The van der Waals surface area contributed by atoms with E-state index in [4.69, 9.17) is 9.16 Å². The molecule has 4 nitrogen and oxygen atoms in total. The molecule has 0 aliphatic heterocycles. The third kappa shape index (κ3) is 7.13. The van der Waals surface area contributed by atoms with Gasteiger partial charge in [0, 0.05) is 0 Å². The zero-order chi connectivity index (χ0) is 24.3. The molecule has 1 N–H and O–H groups in total. The van der Waals surface area contributed by atoms with Crippen LogP contribution in [0.1, 0.15) is 59.8 Å². The fourth-order valence-corrected chi connectivity index (χ4v) is 8.91. The molecule has 0 bridgehead atoms. The van der Waals surface area contributed by atoms with Gasteiger partial charge in [-0.3, -0.25) is 4.79 Å². The fraction of sp³-hybridized carbons (Fsp3) is 0.464. The Morgan fingerprint density at radius 1 is 1.00 bits per heavy atom. The van der Waals surface area contributed by atoms with Crippen LogP contribution in [0.2, 0.25) is 5.04 Å². The van der Waals surface area contributed by atoms with Crippen LogP contribution in [0.25, 0.3) is 0 Å². The number of allylic oxidation sites excluding steroid dienone is 1. The molecule has 0 aliphatic rings. The van der Waals surface area contributed by atoms with Crippen molar-refractivity contribution in [2.24, 2.45) is 0 Å². The lowest BCUT2D eigenvalue weighted by Gasteiger charge is -2.45. The highest BCUT2D eigenvalue weighted by molar-refractivity contribution is 6.99. The van der Waals surface area contributed by atoms with Crippen LogP contribution in [-0.4, -0.2) is 38.7 Å². The second-order valence-electron chi connectivity index (χ2n) is 9.52. The molecule has 0 unspecified atom stereocenters. The smallest absolute Gasteiger partial charge is 0.308 e. The molecule has 0 radical (unpaired) electrons. The van der Waals surface area contributed by atoms with Gasteiger partial charge in [-0.15, -0.1) is 0 Å². The molecule has 0 amide bonds. The van der Waals surface area contributed by atoms with Crippen LogP contribution in [0.5, 0.6) is 0 Å². The van der Waals surface area contributed by atoms with E-state index >= 15 is 0 Å². The van der Waals surface area contributed by atoms with Gasteiger partial charge in [0.2, 0.25) is 0 Å². The molecule has 0 saturated carbocycles. The molecule has 2 rings (SSSR count). The number of unbranched alkanes of at least 4 members (excludes halogenated alkanes) is 3. The molecule has 0 saturated heterocycles. The Labute approximate surface area is 200 Å². The Morgan fingerprint density at radius 2 is 1.55 bits per heavy atom. The minimum Gasteiger partial charge on any atom is -0.469 e. The van der Waals surface area contributed by atoms with Crippen molar-refractivity contribution in [3.63, 3.8) is 0 Å². The Hall–Kier alpha value is -2.21. The topological polar surface area (TPSA) is 55.8 Å². The molecule has 0 spiro atoms. The second-order valence-corrected chi connectivity index (χ2v) is 13.8. The lowest BCUT2D eigenvalue weighted by molar-refractivity contribution is -0.143. The molecular weight excluding hydrogens is 428 g/mol. The molecule has 0 aromatic heterocycles. The summed E-state index contributed by atoms with van der Waals surface area (Å²) in [6.45, 7) is 8.79. The maximum Gasteiger partial charge on any atom is 0.308 e. The Kier molecular flexibility index (Phi) is 10.5. The van der Waals surface area contributed by atoms with Crippen molar-refractivity contribution >= 4 is 24.7 Å². The average molecular weight is 469 g/mol. The first-order valence-electron chi connectivity index (χ1n) is 12.0. The number of ether oxygens (including phenoxy) is 1. The van der Waals surface area contributed by atoms with Crippen molar-refractivity contribution in [2.45, 2.75) is 77.0 Å². The van der Waals surface area contributed by atoms with Crippen molar-refractivity contribution in [1.82, 2.24) is 0 Å². The number of hydrogen-bond donors (Lipinski definition) is 1. The number of carbonyl (C=O) groups excluding carboxylic acids is 1. The Morgan fingerprint density at radius 3 is 2.00 bits per heavy atom. The summed E-state index contributed by atoms with van der Waals surface area (Å²) >= 11 is 0. The highest BCUT2D eigenvalue weighted by Gasteiger charge is 2.51. The van der Waals surface area contributed by atoms with Crippen molar-refractivity contribution in [1.29, 1.82) is 0 Å². The number of hydrogen-bond acceptors (Lipinski definition) is 4. The molecule has 33 heavy (non-hydrogen) atoms. The van der Waals surface area contributed by atoms with Crippen molar-refractivity contribution in [2.75, 3.05) is 7.11 Å². The fourth-order valence-electron chi connectivity index (χ4n) is 4.25. The predicted octanol–water partition coefficient (Wildman–Crippen LogP) is 4.99. The van der Waals surface area contributed by atoms with Gasteiger partial charge in [0.25, 0.3) is 8.32 Å². The monoisotopic (exact) mass is 468 g/mol. The highest BCUT2D eigenvalue weighted by atomic mass is 28.4. The van der Waals surface area contributed by atoms with E-state index < -0.39 is 26.5 Å². The predicted molar refractivity (Wildman–Crippen MR) is 138 cm³/mol. The molecule has 0 heterocycles. The van der Waals surface area contributed by atoms with Gasteiger partial charge in [-0.2, -0.15) is 0 Å². The number of aliphatic hydroxyl groups excluding tert-OH is 1. The maximum absolute atomic E-state index is 12.0. The summed E-state index contributed by atoms with van der Waals surface area (Å²) in [7, 11) is -1.53. The Bertz CT molecular complexity index is 819. The number of esters is 1. The summed E-state index contributed by atoms with van der Waals surface area (Å²) in [5.41, 5.74) is 0. The molecule has 0 fully saturated rings. The molecular formula is C28H40O4Si. The maximum atomic E-state index is 12.0. The second kappa shape index (κ2) is 12.9. The Balaban J connectivity index is 2.57. The minimum absolute atomic E-state index is 0.112. The quantitative estimate of drug-likeness (QED) is 0.206. The minimum atomic E-state index is -2.88. The zero-order valence-corrected chi connectivity index (χ0v) is 21.8. The van der Waals surface area contributed by atoms with Gasteiger partial charge in [-0.05, 0) is 28.3 Å². The van der Waals surface area contributed by atoms with E-state index in [0.29, 0.717) is 0 Å². The van der Waals surface area contributed by atoms with Crippen LogP contribution in [-0.2, 0) is 14.0 Å². The van der Waals surface area contributed by atoms with Crippen LogP contribution in [0.4, 0.5) is 0 Å². The molecule has 2 atom stereocenters. The van der Waals surface area contributed by atoms with E-state index in [1.54, 1.807) is 0 Å². The van der Waals surface area contributed by atoms with Gasteiger partial charge in [0.15, 0.2) is 0 Å². The van der Waals surface area contributed by atoms with Gasteiger partial charge in [-0.25, -0.2) is 0 Å². The van der Waals surface area contributed by atoms with E-state index in [2.05, 4.69) is 58.0 Å². The number of benzene rings is 2. The highest BCUT2D eigenvalue weighted by Crippen LogP contribution is 2.38. The van der Waals surface area contributed by atoms with Gasteiger partial charge in [0.1, 0.15) is 0 Å². The van der Waals surface area contributed by atoms with Crippen LogP contribution >= 0.6 is 0 Å². The standard InChI is InChI=1S/C28H40O4Si/c1-6-7-8-9-16-21-26(25(29)22-27(30)31-5)32-33(28(2,3)4,23-17-12-10-13-18-23)24-19-14-11-15-20-24/h10-21,25-26,29H,6-9,22H2,1-5H3/b21-16+/t25-,26+/m1/s1. The van der Waals surface area contributed by atoms with E-state index in [-0.39, 0.29) is 11.5 Å². The molecule has 0 aliphatic carbocycles. The molecule has 5 heteroatoms. The number of methoxy groups -OCH3 is 1. The first kappa shape index (κ1) is 27.0. The first-order valence-corrected chi connectivity index (χ1v) is 13.9. The zero-order valence-electron chi connectivity index (χ0n) is 20.8. The molecule has 2 aromatic rings. The van der Waals surface area contributed by atoms with E-state index in [9.17, 15) is 9.90 Å². The third-order valence-electron chi connectivity index (χ3n) is 6.01. The van der Waals surface area contributed by atoms with Crippen LogP contribution in [0.15, 0.2) is 72.8 Å². The number of rotatable bonds is 12. The first-order chi connectivity index (χ1) is 15.8. The van der Waals surface area contributed by atoms with E-state index in [0.717, 1.165) is 36.1 Å². The van der Waals surface area contributed by atoms with Crippen LogP contribution in [0, 0.1) is 0 Å². The van der Waals surface area contributed by atoms with Crippen LogP contribution in [0.3, 0.4) is 0 Å². The van der Waals surface area contributed by atoms with Gasteiger partial charge in [-0.1, -0.05) is 113 Å². The largest absolute Gasteiger partial charge is 0.469 e. The van der Waals surface area contributed by atoms with Crippen LogP contribution < -0.4 is 10.4 Å². The average Bonchev–Trinajstić information content (AvgIpc) is 2.81. The molecule has 180 valence electrons. The SMILES string of the molecule is CCCCC/C=C/[C@H](O[Si](c1ccccc1)(c1ccccc1)C(C)(C)C)[C@H](O)CC(=O)OC. The summed E-state index contributed by atoms with van der Waals surface area (Å²) in [5, 5.41) is 13.1.